The minimum Gasteiger partial charge on any atom is -0.299 e. The summed E-state index contributed by atoms with van der Waals surface area (Å²) in [7, 11) is 0. The van der Waals surface area contributed by atoms with Crippen molar-refractivity contribution in [2.75, 3.05) is 13.1 Å². The first-order valence-electron chi connectivity index (χ1n) is 9.24. The summed E-state index contributed by atoms with van der Waals surface area (Å²) < 4.78 is 0. The second-order valence-corrected chi connectivity index (χ2v) is 7.01. The summed E-state index contributed by atoms with van der Waals surface area (Å²) >= 11 is 0. The molecule has 21 heavy (non-hydrogen) atoms. The van der Waals surface area contributed by atoms with E-state index in [0.717, 1.165) is 6.04 Å². The van der Waals surface area contributed by atoms with E-state index in [9.17, 15) is 0 Å². The van der Waals surface area contributed by atoms with Crippen LogP contribution in [0.5, 0.6) is 0 Å². The van der Waals surface area contributed by atoms with Gasteiger partial charge in [0.05, 0.1) is 0 Å². The van der Waals surface area contributed by atoms with Crippen LogP contribution >= 0.6 is 0 Å². The Morgan fingerprint density at radius 3 is 1.10 bits per heavy atom. The van der Waals surface area contributed by atoms with Crippen molar-refractivity contribution >= 4 is 0 Å². The van der Waals surface area contributed by atoms with Gasteiger partial charge in [-0.05, 0) is 80.8 Å². The van der Waals surface area contributed by atoms with Crippen molar-refractivity contribution in [1.82, 2.24) is 9.80 Å². The summed E-state index contributed by atoms with van der Waals surface area (Å²) in [5.74, 6) is 0. The standard InChI is InChI=1S/C10H23N.C9H21N/c1-6-8-11(9(3)4)10(5)7-2;1-6-7-10(8(2)3)9(4)5/h9-10H,6-8H2,1-5H3;8-9H,6-7H2,1-5H3. The zero-order valence-electron chi connectivity index (χ0n) is 16.7. The molecule has 0 N–H and O–H groups in total. The van der Waals surface area contributed by atoms with Crippen molar-refractivity contribution in [3.63, 3.8) is 0 Å². The van der Waals surface area contributed by atoms with Crippen LogP contribution in [0.15, 0.2) is 0 Å². The highest BCUT2D eigenvalue weighted by atomic mass is 15.2. The van der Waals surface area contributed by atoms with Gasteiger partial charge in [0.2, 0.25) is 0 Å². The molecule has 0 heterocycles. The molecule has 0 saturated carbocycles. The first-order valence-corrected chi connectivity index (χ1v) is 9.24. The summed E-state index contributed by atoms with van der Waals surface area (Å²) in [6.45, 7) is 25.1. The van der Waals surface area contributed by atoms with Crippen LogP contribution in [0.4, 0.5) is 0 Å². The molecule has 0 saturated heterocycles. The van der Waals surface area contributed by atoms with E-state index in [1.165, 1.54) is 32.4 Å². The average Bonchev–Trinajstić information content (AvgIpc) is 2.40. The molecule has 0 fully saturated rings. The molecule has 0 aromatic carbocycles. The summed E-state index contributed by atoms with van der Waals surface area (Å²) in [5, 5.41) is 0. The van der Waals surface area contributed by atoms with E-state index in [0.29, 0.717) is 18.1 Å². The predicted octanol–water partition coefficient (Wildman–Crippen LogP) is 5.42. The van der Waals surface area contributed by atoms with Gasteiger partial charge < -0.3 is 0 Å². The molecular formula is C19H44N2. The summed E-state index contributed by atoms with van der Waals surface area (Å²) in [6.07, 6.45) is 3.79. The Labute approximate surface area is 136 Å². The summed E-state index contributed by atoms with van der Waals surface area (Å²) in [4.78, 5) is 5.08. The van der Waals surface area contributed by atoms with Crippen molar-refractivity contribution in [1.29, 1.82) is 0 Å². The molecule has 0 aliphatic carbocycles. The van der Waals surface area contributed by atoms with Crippen molar-refractivity contribution in [2.24, 2.45) is 0 Å². The van der Waals surface area contributed by atoms with Crippen LogP contribution in [0.25, 0.3) is 0 Å². The highest BCUT2D eigenvalue weighted by Crippen LogP contribution is 2.08. The van der Waals surface area contributed by atoms with Gasteiger partial charge in [0.25, 0.3) is 0 Å². The largest absolute Gasteiger partial charge is 0.299 e. The molecule has 0 rings (SSSR count). The van der Waals surface area contributed by atoms with Gasteiger partial charge in [-0.3, -0.25) is 9.80 Å². The molecule has 0 aromatic heterocycles. The minimum absolute atomic E-state index is 0.694. The van der Waals surface area contributed by atoms with Crippen molar-refractivity contribution in [3.05, 3.63) is 0 Å². The fourth-order valence-electron chi connectivity index (χ4n) is 2.85. The first-order chi connectivity index (χ1) is 9.72. The molecule has 0 aliphatic heterocycles. The molecule has 0 aliphatic rings. The molecule has 0 spiro atoms. The van der Waals surface area contributed by atoms with Gasteiger partial charge in [-0.25, -0.2) is 0 Å². The van der Waals surface area contributed by atoms with E-state index in [4.69, 9.17) is 0 Å². The van der Waals surface area contributed by atoms with Gasteiger partial charge in [0.1, 0.15) is 0 Å². The van der Waals surface area contributed by atoms with E-state index in [2.05, 4.69) is 79.0 Å². The third-order valence-corrected chi connectivity index (χ3v) is 4.11. The van der Waals surface area contributed by atoms with E-state index >= 15 is 0 Å². The SMILES string of the molecule is CCCN(C(C)C)C(C)C.CCCN(C(C)C)C(C)CC. The molecule has 2 heteroatoms. The molecule has 0 aromatic rings. The minimum atomic E-state index is 0.694. The lowest BCUT2D eigenvalue weighted by atomic mass is 10.1. The lowest BCUT2D eigenvalue weighted by molar-refractivity contribution is 0.160. The summed E-state index contributed by atoms with van der Waals surface area (Å²) in [6, 6.07) is 2.83. The molecule has 1 atom stereocenters. The maximum absolute atomic E-state index is 2.57. The predicted molar refractivity (Wildman–Crippen MR) is 99.2 cm³/mol. The molecule has 1 unspecified atom stereocenters. The molecule has 130 valence electrons. The molecule has 2 nitrogen and oxygen atoms in total. The normalized spacial score (nSPS) is 13.3. The first kappa shape index (κ1) is 23.2. The fourth-order valence-corrected chi connectivity index (χ4v) is 2.85. The zero-order chi connectivity index (χ0) is 17.0. The molecule has 0 amide bonds. The fraction of sp³-hybridized carbons (Fsp3) is 1.00. The van der Waals surface area contributed by atoms with Gasteiger partial charge in [-0.1, -0.05) is 20.8 Å². The Balaban J connectivity index is 0. The van der Waals surface area contributed by atoms with Gasteiger partial charge in [0, 0.05) is 24.2 Å². The van der Waals surface area contributed by atoms with Crippen LogP contribution in [-0.4, -0.2) is 47.1 Å². The monoisotopic (exact) mass is 300 g/mol. The lowest BCUT2D eigenvalue weighted by Gasteiger charge is -2.31. The molecule has 0 radical (unpaired) electrons. The van der Waals surface area contributed by atoms with E-state index in [1.807, 2.05) is 0 Å². The van der Waals surface area contributed by atoms with Crippen LogP contribution in [-0.2, 0) is 0 Å². The van der Waals surface area contributed by atoms with Gasteiger partial charge >= 0.3 is 0 Å². The van der Waals surface area contributed by atoms with E-state index in [1.54, 1.807) is 0 Å². The zero-order valence-corrected chi connectivity index (χ0v) is 16.7. The van der Waals surface area contributed by atoms with E-state index in [-0.39, 0.29) is 0 Å². The Kier molecular flexibility index (Phi) is 15.0. The van der Waals surface area contributed by atoms with Crippen LogP contribution in [0.2, 0.25) is 0 Å². The van der Waals surface area contributed by atoms with Crippen LogP contribution in [0, 0.1) is 0 Å². The van der Waals surface area contributed by atoms with E-state index < -0.39 is 0 Å². The van der Waals surface area contributed by atoms with Crippen LogP contribution in [0.1, 0.15) is 88.5 Å². The lowest BCUT2D eigenvalue weighted by Crippen LogP contribution is -2.38. The second kappa shape index (κ2) is 13.6. The molecular weight excluding hydrogens is 256 g/mol. The smallest absolute Gasteiger partial charge is 0.00670 e. The quantitative estimate of drug-likeness (QED) is 0.561. The average molecular weight is 301 g/mol. The number of rotatable bonds is 9. The Hall–Kier alpha value is -0.0800. The van der Waals surface area contributed by atoms with Gasteiger partial charge in [0.15, 0.2) is 0 Å². The van der Waals surface area contributed by atoms with Crippen molar-refractivity contribution < 1.29 is 0 Å². The van der Waals surface area contributed by atoms with Crippen molar-refractivity contribution in [3.8, 4) is 0 Å². The Morgan fingerprint density at radius 2 is 0.905 bits per heavy atom. The number of hydrogen-bond donors (Lipinski definition) is 0. The molecule has 0 bridgehead atoms. The third kappa shape index (κ3) is 11.2. The Bertz CT molecular complexity index is 204. The highest BCUT2D eigenvalue weighted by Gasteiger charge is 2.13. The number of nitrogens with zero attached hydrogens (tertiary/aromatic N) is 2. The van der Waals surface area contributed by atoms with Gasteiger partial charge in [-0.2, -0.15) is 0 Å². The highest BCUT2D eigenvalue weighted by molar-refractivity contribution is 4.68. The maximum atomic E-state index is 2.57. The third-order valence-electron chi connectivity index (χ3n) is 4.11. The van der Waals surface area contributed by atoms with Crippen molar-refractivity contribution in [2.45, 2.75) is 113 Å². The summed E-state index contributed by atoms with van der Waals surface area (Å²) in [5.41, 5.74) is 0. The van der Waals surface area contributed by atoms with Crippen LogP contribution < -0.4 is 0 Å². The number of hydrogen-bond acceptors (Lipinski definition) is 2. The second-order valence-electron chi connectivity index (χ2n) is 7.01. The Morgan fingerprint density at radius 1 is 0.571 bits per heavy atom. The van der Waals surface area contributed by atoms with Crippen LogP contribution in [0.3, 0.4) is 0 Å². The maximum Gasteiger partial charge on any atom is 0.00670 e. The van der Waals surface area contributed by atoms with Gasteiger partial charge in [-0.15, -0.1) is 0 Å². The topological polar surface area (TPSA) is 6.48 Å².